The van der Waals surface area contributed by atoms with Crippen molar-refractivity contribution in [3.05, 3.63) is 35.9 Å². The number of amides is 1. The predicted molar refractivity (Wildman–Crippen MR) is 69.9 cm³/mol. The second-order valence-corrected chi connectivity index (χ2v) is 4.81. The van der Waals surface area contributed by atoms with Crippen LogP contribution >= 0.6 is 0 Å². The van der Waals surface area contributed by atoms with Gasteiger partial charge in [-0.2, -0.15) is 0 Å². The Bertz CT molecular complexity index is 394. The van der Waals surface area contributed by atoms with Gasteiger partial charge in [0.05, 0.1) is 6.04 Å². The van der Waals surface area contributed by atoms with Gasteiger partial charge < -0.3 is 10.0 Å². The van der Waals surface area contributed by atoms with Crippen LogP contribution in [0.1, 0.15) is 18.4 Å². The quantitative estimate of drug-likeness (QED) is 0.827. The molecule has 98 valence electrons. The van der Waals surface area contributed by atoms with Gasteiger partial charge in [0.1, 0.15) is 6.23 Å². The Labute approximate surface area is 108 Å². The van der Waals surface area contributed by atoms with Gasteiger partial charge in [0.2, 0.25) is 5.91 Å². The Kier molecular flexibility index (Phi) is 4.33. The van der Waals surface area contributed by atoms with Gasteiger partial charge in [-0.1, -0.05) is 30.3 Å². The average Bonchev–Trinajstić information content (AvgIpc) is 2.83. The van der Waals surface area contributed by atoms with Gasteiger partial charge in [-0.3, -0.25) is 10.1 Å². The van der Waals surface area contributed by atoms with E-state index < -0.39 is 6.23 Å². The number of nitrogens with zero attached hydrogens (tertiary/aromatic N) is 1. The standard InChI is InChI=1S/C14H20N2O2/c1-16(10-9-11-5-3-2-4-6-11)14(18)12-7-8-13(17)15-12/h2-6,12-13,15,17H,7-10H2,1H3/t12-,13?/m0/s1. The second kappa shape index (κ2) is 5.98. The number of carbonyl (C=O) groups excluding carboxylic acids is 1. The highest BCUT2D eigenvalue weighted by atomic mass is 16.3. The first-order valence-corrected chi connectivity index (χ1v) is 6.40. The number of aliphatic hydroxyl groups is 1. The van der Waals surface area contributed by atoms with E-state index in [9.17, 15) is 9.90 Å². The molecule has 1 saturated heterocycles. The SMILES string of the molecule is CN(CCc1ccccc1)C(=O)[C@@H]1CCC(O)N1. The van der Waals surface area contributed by atoms with Crippen molar-refractivity contribution in [3.8, 4) is 0 Å². The fourth-order valence-corrected chi connectivity index (χ4v) is 2.24. The normalized spacial score (nSPS) is 23.0. The molecular formula is C14H20N2O2. The molecule has 18 heavy (non-hydrogen) atoms. The Hall–Kier alpha value is -1.39. The van der Waals surface area contributed by atoms with Crippen molar-refractivity contribution in [1.29, 1.82) is 0 Å². The molecular weight excluding hydrogens is 228 g/mol. The number of nitrogens with one attached hydrogen (secondary N) is 1. The van der Waals surface area contributed by atoms with E-state index in [4.69, 9.17) is 0 Å². The summed E-state index contributed by atoms with van der Waals surface area (Å²) >= 11 is 0. The summed E-state index contributed by atoms with van der Waals surface area (Å²) in [5.41, 5.74) is 1.23. The van der Waals surface area contributed by atoms with Gasteiger partial charge in [0.25, 0.3) is 0 Å². The van der Waals surface area contributed by atoms with Gasteiger partial charge >= 0.3 is 0 Å². The summed E-state index contributed by atoms with van der Waals surface area (Å²) in [6.07, 6.45) is 1.71. The van der Waals surface area contributed by atoms with Crippen LogP contribution in [0.3, 0.4) is 0 Å². The predicted octanol–water partition coefficient (Wildman–Crippen LogP) is 0.758. The zero-order chi connectivity index (χ0) is 13.0. The van der Waals surface area contributed by atoms with E-state index in [1.54, 1.807) is 4.90 Å². The van der Waals surface area contributed by atoms with Gasteiger partial charge in [0, 0.05) is 13.6 Å². The van der Waals surface area contributed by atoms with Crippen molar-refractivity contribution in [3.63, 3.8) is 0 Å². The summed E-state index contributed by atoms with van der Waals surface area (Å²) < 4.78 is 0. The number of hydrogen-bond donors (Lipinski definition) is 2. The van der Waals surface area contributed by atoms with Crippen LogP contribution in [0.5, 0.6) is 0 Å². The lowest BCUT2D eigenvalue weighted by atomic mass is 10.1. The number of rotatable bonds is 4. The monoisotopic (exact) mass is 248 g/mol. The topological polar surface area (TPSA) is 52.6 Å². The highest BCUT2D eigenvalue weighted by Crippen LogP contribution is 2.12. The summed E-state index contributed by atoms with van der Waals surface area (Å²) in [6, 6.07) is 9.91. The second-order valence-electron chi connectivity index (χ2n) is 4.81. The average molecular weight is 248 g/mol. The Balaban J connectivity index is 1.81. The molecule has 1 unspecified atom stereocenters. The molecule has 0 aromatic heterocycles. The van der Waals surface area contributed by atoms with E-state index in [0.29, 0.717) is 13.0 Å². The van der Waals surface area contributed by atoms with Crippen molar-refractivity contribution >= 4 is 5.91 Å². The summed E-state index contributed by atoms with van der Waals surface area (Å²) in [5.74, 6) is 0.0717. The molecule has 1 fully saturated rings. The third-order valence-electron chi connectivity index (χ3n) is 3.38. The number of likely N-dealkylation sites (N-methyl/N-ethyl adjacent to an activating group) is 1. The van der Waals surface area contributed by atoms with Gasteiger partial charge in [0.15, 0.2) is 0 Å². The molecule has 0 saturated carbocycles. The van der Waals surface area contributed by atoms with Crippen LogP contribution in [0.25, 0.3) is 0 Å². The first-order valence-electron chi connectivity index (χ1n) is 6.40. The molecule has 1 amide bonds. The van der Waals surface area contributed by atoms with Gasteiger partial charge in [-0.05, 0) is 24.8 Å². The van der Waals surface area contributed by atoms with Crippen molar-refractivity contribution in [2.75, 3.05) is 13.6 Å². The van der Waals surface area contributed by atoms with Crippen LogP contribution < -0.4 is 5.32 Å². The van der Waals surface area contributed by atoms with E-state index in [0.717, 1.165) is 12.8 Å². The van der Waals surface area contributed by atoms with Crippen LogP contribution in [0.15, 0.2) is 30.3 Å². The third-order valence-corrected chi connectivity index (χ3v) is 3.38. The lowest BCUT2D eigenvalue weighted by Gasteiger charge is -2.21. The number of hydrogen-bond acceptors (Lipinski definition) is 3. The zero-order valence-electron chi connectivity index (χ0n) is 10.7. The largest absolute Gasteiger partial charge is 0.379 e. The molecule has 0 bridgehead atoms. The minimum absolute atomic E-state index is 0.0717. The van der Waals surface area contributed by atoms with Crippen LogP contribution in [-0.4, -0.2) is 41.8 Å². The van der Waals surface area contributed by atoms with Crippen LogP contribution in [0, 0.1) is 0 Å². The Morgan fingerprint density at radius 3 is 2.72 bits per heavy atom. The Morgan fingerprint density at radius 2 is 2.11 bits per heavy atom. The number of benzene rings is 1. The van der Waals surface area contributed by atoms with Crippen molar-refractivity contribution in [2.45, 2.75) is 31.5 Å². The van der Waals surface area contributed by atoms with Gasteiger partial charge in [-0.15, -0.1) is 0 Å². The Morgan fingerprint density at radius 1 is 1.39 bits per heavy atom. The van der Waals surface area contributed by atoms with Crippen LogP contribution in [0.2, 0.25) is 0 Å². The molecule has 4 heteroatoms. The van der Waals surface area contributed by atoms with Crippen LogP contribution in [0.4, 0.5) is 0 Å². The van der Waals surface area contributed by atoms with Crippen LogP contribution in [-0.2, 0) is 11.2 Å². The molecule has 0 spiro atoms. The van der Waals surface area contributed by atoms with Crippen molar-refractivity contribution in [2.24, 2.45) is 0 Å². The summed E-state index contributed by atoms with van der Waals surface area (Å²) in [6.45, 7) is 0.705. The minimum Gasteiger partial charge on any atom is -0.379 e. The highest BCUT2D eigenvalue weighted by Gasteiger charge is 2.29. The maximum atomic E-state index is 12.1. The molecule has 1 aromatic rings. The fraction of sp³-hybridized carbons (Fsp3) is 0.500. The molecule has 2 N–H and O–H groups in total. The first kappa shape index (κ1) is 13.1. The van der Waals surface area contributed by atoms with E-state index >= 15 is 0 Å². The van der Waals surface area contributed by atoms with E-state index in [-0.39, 0.29) is 11.9 Å². The lowest BCUT2D eigenvalue weighted by molar-refractivity contribution is -0.132. The first-order chi connectivity index (χ1) is 8.66. The molecule has 1 aliphatic rings. The molecule has 0 aliphatic carbocycles. The molecule has 1 aliphatic heterocycles. The van der Waals surface area contributed by atoms with E-state index in [1.807, 2.05) is 25.2 Å². The molecule has 1 heterocycles. The number of carbonyl (C=O) groups is 1. The minimum atomic E-state index is -0.526. The zero-order valence-corrected chi connectivity index (χ0v) is 10.7. The summed E-state index contributed by atoms with van der Waals surface area (Å²) in [4.78, 5) is 13.8. The van der Waals surface area contributed by atoms with E-state index in [2.05, 4.69) is 17.4 Å². The molecule has 1 aromatic carbocycles. The van der Waals surface area contributed by atoms with E-state index in [1.165, 1.54) is 5.56 Å². The van der Waals surface area contributed by atoms with Crippen molar-refractivity contribution < 1.29 is 9.90 Å². The molecule has 4 nitrogen and oxygen atoms in total. The molecule has 0 radical (unpaired) electrons. The third kappa shape index (κ3) is 3.31. The number of aliphatic hydroxyl groups excluding tert-OH is 1. The maximum Gasteiger partial charge on any atom is 0.239 e. The summed E-state index contributed by atoms with van der Waals surface area (Å²) in [5, 5.41) is 12.3. The maximum absolute atomic E-state index is 12.1. The smallest absolute Gasteiger partial charge is 0.239 e. The molecule has 2 rings (SSSR count). The summed E-state index contributed by atoms with van der Waals surface area (Å²) in [7, 11) is 1.82. The lowest BCUT2D eigenvalue weighted by Crippen LogP contribution is -2.44. The molecule has 2 atom stereocenters. The van der Waals surface area contributed by atoms with Gasteiger partial charge in [-0.25, -0.2) is 0 Å². The van der Waals surface area contributed by atoms with Crippen molar-refractivity contribution in [1.82, 2.24) is 10.2 Å². The highest BCUT2D eigenvalue weighted by molar-refractivity contribution is 5.82. The fourth-order valence-electron chi connectivity index (χ4n) is 2.24.